The normalized spacial score (nSPS) is 13.2. The summed E-state index contributed by atoms with van der Waals surface area (Å²) in [5.74, 6) is -1.44. The molecule has 0 saturated carbocycles. The van der Waals surface area contributed by atoms with Gasteiger partial charge in [-0.15, -0.1) is 0 Å². The number of esters is 2. The molecule has 12 heteroatoms. The number of primary amides is 2. The molecule has 4 unspecified atom stereocenters. The molecule has 0 heterocycles. The van der Waals surface area contributed by atoms with E-state index < -0.39 is 36.0 Å². The quantitative estimate of drug-likeness (QED) is 0.0510. The number of hydrogen-bond acceptors (Lipinski definition) is 10. The highest BCUT2D eigenvalue weighted by Crippen LogP contribution is 2.16. The molecular formula is C46H56N4O8. The molecule has 4 rings (SSSR count). The fourth-order valence-electron chi connectivity index (χ4n) is 6.01. The SMILES string of the molecule is CC(CCc1ccccc1)NCC(COc1cccc(CC(N)=O)c1)OC(=O)/C=C/C(=O)OC(CNC(C)CCc1ccccc1)COc1cccc(CC(N)=O)c1. The molecule has 0 aliphatic rings. The monoisotopic (exact) mass is 792 g/mol. The molecule has 0 aliphatic heterocycles. The van der Waals surface area contributed by atoms with E-state index in [1.54, 1.807) is 48.5 Å². The largest absolute Gasteiger partial charge is 0.490 e. The number of ether oxygens (including phenoxy) is 4. The van der Waals surface area contributed by atoms with Crippen molar-refractivity contribution in [3.8, 4) is 11.5 Å². The van der Waals surface area contributed by atoms with Crippen molar-refractivity contribution < 1.29 is 38.1 Å². The minimum Gasteiger partial charge on any atom is -0.490 e. The van der Waals surface area contributed by atoms with Crippen molar-refractivity contribution in [1.82, 2.24) is 10.6 Å². The van der Waals surface area contributed by atoms with Crippen molar-refractivity contribution in [2.45, 2.75) is 76.7 Å². The van der Waals surface area contributed by atoms with Gasteiger partial charge in [0.2, 0.25) is 11.8 Å². The zero-order valence-corrected chi connectivity index (χ0v) is 33.3. The van der Waals surface area contributed by atoms with Gasteiger partial charge in [-0.2, -0.15) is 0 Å². The Balaban J connectivity index is 1.36. The smallest absolute Gasteiger partial charge is 0.331 e. The summed E-state index contributed by atoms with van der Waals surface area (Å²) in [4.78, 5) is 49.1. The molecule has 0 bridgehead atoms. The molecule has 0 aromatic heterocycles. The molecule has 4 aromatic carbocycles. The highest BCUT2D eigenvalue weighted by atomic mass is 16.6. The first-order valence-electron chi connectivity index (χ1n) is 19.6. The van der Waals surface area contributed by atoms with Crippen molar-refractivity contribution in [3.05, 3.63) is 144 Å². The van der Waals surface area contributed by atoms with E-state index in [2.05, 4.69) is 48.7 Å². The first kappa shape index (κ1) is 44.7. The molecule has 0 radical (unpaired) electrons. The molecular weight excluding hydrogens is 737 g/mol. The van der Waals surface area contributed by atoms with Crippen LogP contribution >= 0.6 is 0 Å². The Labute approximate surface area is 341 Å². The van der Waals surface area contributed by atoms with Crippen LogP contribution in [0.1, 0.15) is 48.9 Å². The summed E-state index contributed by atoms with van der Waals surface area (Å²) >= 11 is 0. The second-order valence-corrected chi connectivity index (χ2v) is 14.3. The topological polar surface area (TPSA) is 181 Å². The van der Waals surface area contributed by atoms with Crippen LogP contribution in [-0.4, -0.2) is 74.3 Å². The van der Waals surface area contributed by atoms with Crippen molar-refractivity contribution in [3.63, 3.8) is 0 Å². The van der Waals surface area contributed by atoms with Gasteiger partial charge < -0.3 is 41.0 Å². The molecule has 2 amide bonds. The Morgan fingerprint density at radius 1 is 0.552 bits per heavy atom. The van der Waals surface area contributed by atoms with Gasteiger partial charge in [-0.3, -0.25) is 9.59 Å². The predicted octanol–water partition coefficient (Wildman–Crippen LogP) is 4.80. The molecule has 308 valence electrons. The molecule has 6 N–H and O–H groups in total. The molecule has 58 heavy (non-hydrogen) atoms. The average Bonchev–Trinajstić information content (AvgIpc) is 3.21. The van der Waals surface area contributed by atoms with Crippen LogP contribution in [0.5, 0.6) is 11.5 Å². The number of carbonyl (C=O) groups excluding carboxylic acids is 4. The van der Waals surface area contributed by atoms with Crippen molar-refractivity contribution in [1.29, 1.82) is 0 Å². The zero-order chi connectivity index (χ0) is 41.5. The van der Waals surface area contributed by atoms with Crippen molar-refractivity contribution in [2.75, 3.05) is 26.3 Å². The van der Waals surface area contributed by atoms with Gasteiger partial charge in [-0.05, 0) is 86.1 Å². The summed E-state index contributed by atoms with van der Waals surface area (Å²) in [6.45, 7) is 4.71. The van der Waals surface area contributed by atoms with Gasteiger partial charge in [0, 0.05) is 37.3 Å². The Bertz CT molecular complexity index is 1770. The summed E-state index contributed by atoms with van der Waals surface area (Å²) in [6.07, 6.45) is 4.22. The maximum atomic E-state index is 13.1. The highest BCUT2D eigenvalue weighted by molar-refractivity contribution is 5.91. The first-order chi connectivity index (χ1) is 28.0. The third-order valence-electron chi connectivity index (χ3n) is 9.15. The minimum atomic E-state index is -0.751. The highest BCUT2D eigenvalue weighted by Gasteiger charge is 2.19. The van der Waals surface area contributed by atoms with Crippen LogP contribution in [0.3, 0.4) is 0 Å². The second kappa shape index (κ2) is 24.6. The van der Waals surface area contributed by atoms with E-state index in [1.807, 2.05) is 36.4 Å². The van der Waals surface area contributed by atoms with Gasteiger partial charge in [0.25, 0.3) is 0 Å². The number of hydrogen-bond donors (Lipinski definition) is 4. The third-order valence-corrected chi connectivity index (χ3v) is 9.15. The van der Waals surface area contributed by atoms with E-state index in [9.17, 15) is 19.2 Å². The number of amides is 2. The number of nitrogens with two attached hydrogens (primary N) is 2. The molecule has 12 nitrogen and oxygen atoms in total. The maximum absolute atomic E-state index is 13.1. The Morgan fingerprint density at radius 2 is 0.931 bits per heavy atom. The van der Waals surface area contributed by atoms with Crippen molar-refractivity contribution >= 4 is 23.8 Å². The van der Waals surface area contributed by atoms with Gasteiger partial charge in [-0.1, -0.05) is 84.9 Å². The second-order valence-electron chi connectivity index (χ2n) is 14.3. The Kier molecular flexibility index (Phi) is 19.0. The number of nitrogens with one attached hydrogen (secondary N) is 2. The van der Waals surface area contributed by atoms with Gasteiger partial charge >= 0.3 is 11.9 Å². The number of carbonyl (C=O) groups is 4. The van der Waals surface area contributed by atoms with E-state index in [0.717, 1.165) is 37.8 Å². The molecule has 4 atom stereocenters. The van der Waals surface area contributed by atoms with Crippen LogP contribution < -0.4 is 31.6 Å². The van der Waals surface area contributed by atoms with Gasteiger partial charge in [0.05, 0.1) is 12.8 Å². The number of rotatable bonds is 26. The molecule has 0 aliphatic carbocycles. The van der Waals surface area contributed by atoms with E-state index >= 15 is 0 Å². The Hall–Kier alpha value is -5.98. The Morgan fingerprint density at radius 3 is 1.31 bits per heavy atom. The summed E-state index contributed by atoms with van der Waals surface area (Å²) in [5, 5.41) is 6.85. The molecule has 0 fully saturated rings. The summed E-state index contributed by atoms with van der Waals surface area (Å²) in [7, 11) is 0. The fourth-order valence-corrected chi connectivity index (χ4v) is 6.01. The standard InChI is InChI=1S/C46H56N4O8/c1-33(19-21-35-11-5-3-6-12-35)49-29-41(31-55-39-17-9-15-37(25-39)27-43(47)51)57-45(53)23-24-46(54)58-42(30-50-34(2)20-22-36-13-7-4-8-14-36)32-56-40-18-10-16-38(26-40)28-44(48)52/h3-18,23-26,33-34,41-42,49-50H,19-22,27-32H2,1-2H3,(H2,47,51)(H2,48,52)/b24-23+. The molecule has 0 spiro atoms. The predicted molar refractivity (Wildman–Crippen MR) is 223 cm³/mol. The summed E-state index contributed by atoms with van der Waals surface area (Å²) in [6, 6.07) is 34.5. The van der Waals surface area contributed by atoms with Gasteiger partial charge in [0.1, 0.15) is 36.9 Å². The van der Waals surface area contributed by atoms with Crippen LogP contribution in [0.25, 0.3) is 0 Å². The lowest BCUT2D eigenvalue weighted by atomic mass is 10.1. The molecule has 4 aromatic rings. The van der Waals surface area contributed by atoms with E-state index in [-0.39, 0.29) is 51.2 Å². The lowest BCUT2D eigenvalue weighted by Crippen LogP contribution is -2.39. The number of aryl methyl sites for hydroxylation is 2. The van der Waals surface area contributed by atoms with Gasteiger partial charge in [-0.25, -0.2) is 9.59 Å². The third kappa shape index (κ3) is 18.3. The van der Waals surface area contributed by atoms with E-state index in [4.69, 9.17) is 30.4 Å². The first-order valence-corrected chi connectivity index (χ1v) is 19.6. The summed E-state index contributed by atoms with van der Waals surface area (Å²) < 4.78 is 23.5. The van der Waals surface area contributed by atoms with Crippen LogP contribution in [0.4, 0.5) is 0 Å². The van der Waals surface area contributed by atoms with Crippen LogP contribution in [0, 0.1) is 0 Å². The lowest BCUT2D eigenvalue weighted by Gasteiger charge is -2.22. The zero-order valence-electron chi connectivity index (χ0n) is 33.3. The molecule has 0 saturated heterocycles. The van der Waals surface area contributed by atoms with Crippen LogP contribution in [0.2, 0.25) is 0 Å². The fraction of sp³-hybridized carbons (Fsp3) is 0.348. The van der Waals surface area contributed by atoms with E-state index in [1.165, 1.54) is 11.1 Å². The summed E-state index contributed by atoms with van der Waals surface area (Å²) in [5.41, 5.74) is 14.6. The number of benzene rings is 4. The van der Waals surface area contributed by atoms with E-state index in [0.29, 0.717) is 22.6 Å². The maximum Gasteiger partial charge on any atom is 0.331 e. The lowest BCUT2D eigenvalue weighted by molar-refractivity contribution is -0.147. The minimum absolute atomic E-state index is 0.0106. The van der Waals surface area contributed by atoms with Crippen LogP contribution in [0.15, 0.2) is 121 Å². The van der Waals surface area contributed by atoms with Crippen molar-refractivity contribution in [2.24, 2.45) is 11.5 Å². The van der Waals surface area contributed by atoms with Crippen LogP contribution in [-0.2, 0) is 54.3 Å². The average molecular weight is 793 g/mol. The van der Waals surface area contributed by atoms with Gasteiger partial charge in [0.15, 0.2) is 0 Å².